The summed E-state index contributed by atoms with van der Waals surface area (Å²) in [6.45, 7) is 10.9. The molecule has 2 unspecified atom stereocenters. The SMILES string of the molecule is CCN(CC)CCCCNC(C)C(O)c1ccccc1. The van der Waals surface area contributed by atoms with Crippen molar-refractivity contribution in [2.24, 2.45) is 0 Å². The maximum atomic E-state index is 10.2. The first kappa shape index (κ1) is 17.2. The minimum Gasteiger partial charge on any atom is -0.387 e. The molecular weight excluding hydrogens is 248 g/mol. The Hall–Kier alpha value is -0.900. The lowest BCUT2D eigenvalue weighted by atomic mass is 10.0. The van der Waals surface area contributed by atoms with E-state index >= 15 is 0 Å². The average molecular weight is 278 g/mol. The van der Waals surface area contributed by atoms with E-state index in [1.54, 1.807) is 0 Å². The zero-order chi connectivity index (χ0) is 14.8. The van der Waals surface area contributed by atoms with Crippen LogP contribution in [-0.4, -0.2) is 42.2 Å². The zero-order valence-electron chi connectivity index (χ0n) is 13.2. The smallest absolute Gasteiger partial charge is 0.0940 e. The van der Waals surface area contributed by atoms with E-state index in [9.17, 15) is 5.11 Å². The van der Waals surface area contributed by atoms with Gasteiger partial charge in [-0.15, -0.1) is 0 Å². The lowest BCUT2D eigenvalue weighted by molar-refractivity contribution is 0.135. The van der Waals surface area contributed by atoms with Crippen LogP contribution in [0.4, 0.5) is 0 Å². The fraction of sp³-hybridized carbons (Fsp3) is 0.647. The van der Waals surface area contributed by atoms with E-state index in [-0.39, 0.29) is 6.04 Å². The van der Waals surface area contributed by atoms with Crippen molar-refractivity contribution in [3.8, 4) is 0 Å². The van der Waals surface area contributed by atoms with Crippen LogP contribution < -0.4 is 5.32 Å². The first-order valence-corrected chi connectivity index (χ1v) is 7.87. The van der Waals surface area contributed by atoms with Gasteiger partial charge in [0.15, 0.2) is 0 Å². The maximum absolute atomic E-state index is 10.2. The van der Waals surface area contributed by atoms with E-state index in [0.717, 1.165) is 31.6 Å². The molecule has 3 heteroatoms. The Kier molecular flexibility index (Phi) is 8.51. The van der Waals surface area contributed by atoms with Crippen LogP contribution in [0.25, 0.3) is 0 Å². The fourth-order valence-corrected chi connectivity index (χ4v) is 2.38. The molecule has 0 aliphatic rings. The molecule has 0 radical (unpaired) electrons. The first-order chi connectivity index (χ1) is 9.69. The number of hydrogen-bond donors (Lipinski definition) is 2. The summed E-state index contributed by atoms with van der Waals surface area (Å²) in [5.41, 5.74) is 0.982. The quantitative estimate of drug-likeness (QED) is 0.646. The minimum absolute atomic E-state index is 0.0888. The topological polar surface area (TPSA) is 35.5 Å². The third-order valence-corrected chi connectivity index (χ3v) is 3.88. The van der Waals surface area contributed by atoms with Gasteiger partial charge in [0.2, 0.25) is 0 Å². The van der Waals surface area contributed by atoms with Gasteiger partial charge >= 0.3 is 0 Å². The van der Waals surface area contributed by atoms with Gasteiger partial charge in [-0.3, -0.25) is 0 Å². The highest BCUT2D eigenvalue weighted by atomic mass is 16.3. The van der Waals surface area contributed by atoms with Gasteiger partial charge in [0.05, 0.1) is 6.10 Å². The standard InChI is InChI=1S/C17H30N2O/c1-4-19(5-2)14-10-9-13-18-15(3)17(20)16-11-7-6-8-12-16/h6-8,11-12,15,17-18,20H,4-5,9-10,13-14H2,1-3H3. The molecule has 114 valence electrons. The number of nitrogens with one attached hydrogen (secondary N) is 1. The van der Waals surface area contributed by atoms with Crippen LogP contribution in [0.5, 0.6) is 0 Å². The van der Waals surface area contributed by atoms with Gasteiger partial charge in [-0.25, -0.2) is 0 Å². The molecule has 0 aliphatic heterocycles. The van der Waals surface area contributed by atoms with Gasteiger partial charge < -0.3 is 15.3 Å². The van der Waals surface area contributed by atoms with Gasteiger partial charge in [0.1, 0.15) is 0 Å². The second-order valence-corrected chi connectivity index (χ2v) is 5.33. The summed E-state index contributed by atoms with van der Waals surface area (Å²) in [6.07, 6.45) is 1.93. The lowest BCUT2D eigenvalue weighted by Gasteiger charge is -2.21. The van der Waals surface area contributed by atoms with E-state index in [1.165, 1.54) is 13.0 Å². The van der Waals surface area contributed by atoms with Gasteiger partial charge in [-0.2, -0.15) is 0 Å². The summed E-state index contributed by atoms with van der Waals surface area (Å²) in [5.74, 6) is 0. The van der Waals surface area contributed by atoms with Crippen molar-refractivity contribution in [1.82, 2.24) is 10.2 Å². The van der Waals surface area contributed by atoms with Crippen molar-refractivity contribution in [1.29, 1.82) is 0 Å². The Morgan fingerprint density at radius 2 is 1.75 bits per heavy atom. The summed E-state index contributed by atoms with van der Waals surface area (Å²) >= 11 is 0. The zero-order valence-corrected chi connectivity index (χ0v) is 13.2. The number of aliphatic hydroxyl groups is 1. The molecule has 0 saturated heterocycles. The molecule has 0 amide bonds. The molecule has 0 saturated carbocycles. The van der Waals surface area contributed by atoms with E-state index < -0.39 is 6.10 Å². The highest BCUT2D eigenvalue weighted by molar-refractivity contribution is 5.18. The maximum Gasteiger partial charge on any atom is 0.0940 e. The number of hydrogen-bond acceptors (Lipinski definition) is 3. The van der Waals surface area contributed by atoms with Crippen molar-refractivity contribution in [2.45, 2.75) is 45.8 Å². The predicted molar refractivity (Wildman–Crippen MR) is 85.9 cm³/mol. The fourth-order valence-electron chi connectivity index (χ4n) is 2.38. The number of unbranched alkanes of at least 4 members (excludes halogenated alkanes) is 1. The van der Waals surface area contributed by atoms with Crippen LogP contribution in [0.1, 0.15) is 45.3 Å². The van der Waals surface area contributed by atoms with Gasteiger partial charge in [0.25, 0.3) is 0 Å². The molecule has 1 aromatic carbocycles. The second-order valence-electron chi connectivity index (χ2n) is 5.33. The number of nitrogens with zero attached hydrogens (tertiary/aromatic N) is 1. The third kappa shape index (κ3) is 6.04. The highest BCUT2D eigenvalue weighted by Gasteiger charge is 2.14. The van der Waals surface area contributed by atoms with Crippen LogP contribution in [0.15, 0.2) is 30.3 Å². The molecule has 0 aromatic heterocycles. The predicted octanol–water partition coefficient (Wildman–Crippen LogP) is 2.82. The Morgan fingerprint density at radius 1 is 1.10 bits per heavy atom. The minimum atomic E-state index is -0.431. The largest absolute Gasteiger partial charge is 0.387 e. The highest BCUT2D eigenvalue weighted by Crippen LogP contribution is 2.15. The van der Waals surface area contributed by atoms with Crippen molar-refractivity contribution < 1.29 is 5.11 Å². The van der Waals surface area contributed by atoms with Crippen LogP contribution in [0, 0.1) is 0 Å². The molecule has 20 heavy (non-hydrogen) atoms. The Morgan fingerprint density at radius 3 is 2.35 bits per heavy atom. The number of aliphatic hydroxyl groups excluding tert-OH is 1. The Labute approximate surface area is 124 Å². The van der Waals surface area contributed by atoms with Crippen molar-refractivity contribution >= 4 is 0 Å². The Balaban J connectivity index is 2.18. The van der Waals surface area contributed by atoms with Crippen LogP contribution in [-0.2, 0) is 0 Å². The molecule has 0 bridgehead atoms. The summed E-state index contributed by atoms with van der Waals surface area (Å²) < 4.78 is 0. The average Bonchev–Trinajstić information content (AvgIpc) is 2.50. The molecule has 0 fully saturated rings. The normalized spacial score (nSPS) is 14.4. The molecule has 1 rings (SSSR count). The molecular formula is C17H30N2O. The lowest BCUT2D eigenvalue weighted by Crippen LogP contribution is -2.33. The van der Waals surface area contributed by atoms with E-state index in [4.69, 9.17) is 0 Å². The number of benzene rings is 1. The van der Waals surface area contributed by atoms with Crippen LogP contribution >= 0.6 is 0 Å². The van der Waals surface area contributed by atoms with Gasteiger partial charge in [0, 0.05) is 6.04 Å². The van der Waals surface area contributed by atoms with E-state index in [2.05, 4.69) is 24.1 Å². The molecule has 0 spiro atoms. The summed E-state index contributed by atoms with van der Waals surface area (Å²) in [5, 5.41) is 13.7. The van der Waals surface area contributed by atoms with Crippen LogP contribution in [0.3, 0.4) is 0 Å². The van der Waals surface area contributed by atoms with E-state index in [1.807, 2.05) is 37.3 Å². The summed E-state index contributed by atoms with van der Waals surface area (Å²) in [4.78, 5) is 2.45. The molecule has 3 nitrogen and oxygen atoms in total. The van der Waals surface area contributed by atoms with Crippen molar-refractivity contribution in [2.75, 3.05) is 26.2 Å². The monoisotopic (exact) mass is 278 g/mol. The molecule has 0 heterocycles. The first-order valence-electron chi connectivity index (χ1n) is 7.87. The summed E-state index contributed by atoms with van der Waals surface area (Å²) in [7, 11) is 0. The summed E-state index contributed by atoms with van der Waals surface area (Å²) in [6, 6.07) is 9.95. The van der Waals surface area contributed by atoms with Gasteiger partial charge in [-0.1, -0.05) is 44.2 Å². The van der Waals surface area contributed by atoms with Crippen molar-refractivity contribution in [3.05, 3.63) is 35.9 Å². The Bertz CT molecular complexity index is 338. The van der Waals surface area contributed by atoms with E-state index in [0.29, 0.717) is 0 Å². The van der Waals surface area contributed by atoms with Crippen molar-refractivity contribution in [3.63, 3.8) is 0 Å². The molecule has 1 aromatic rings. The third-order valence-electron chi connectivity index (χ3n) is 3.88. The van der Waals surface area contributed by atoms with Crippen LogP contribution in [0.2, 0.25) is 0 Å². The number of rotatable bonds is 10. The molecule has 2 N–H and O–H groups in total. The second kappa shape index (κ2) is 9.92. The molecule has 2 atom stereocenters. The van der Waals surface area contributed by atoms with Gasteiger partial charge in [-0.05, 0) is 51.5 Å². The molecule has 0 aliphatic carbocycles.